The zero-order chi connectivity index (χ0) is 19.6. The van der Waals surface area contributed by atoms with E-state index in [2.05, 4.69) is 15.6 Å². The van der Waals surface area contributed by atoms with Gasteiger partial charge < -0.3 is 20.1 Å². The topological polar surface area (TPSA) is 58.1 Å². The van der Waals surface area contributed by atoms with Crippen LogP contribution in [0.1, 0.15) is 12.5 Å². The molecule has 0 radical (unpaired) electrons. The molecule has 0 aromatic heterocycles. The Hall–Kier alpha value is -1.43. The molecule has 0 amide bonds. The molecule has 0 aliphatic carbocycles. The molecule has 156 valence electrons. The van der Waals surface area contributed by atoms with Crippen LogP contribution in [-0.2, 0) is 6.54 Å². The molecule has 6 nitrogen and oxygen atoms in total. The molecule has 0 atom stereocenters. The van der Waals surface area contributed by atoms with Gasteiger partial charge in [0.05, 0.1) is 27.3 Å². The van der Waals surface area contributed by atoms with Gasteiger partial charge in [0.2, 0.25) is 0 Å². The normalized spacial score (nSPS) is 11.8. The molecule has 1 rings (SSSR count). The average molecular weight is 504 g/mol. The molecule has 0 unspecified atom stereocenters. The zero-order valence-corrected chi connectivity index (χ0v) is 18.4. The first-order chi connectivity index (χ1) is 12.3. The number of likely N-dealkylation sites (N-methyl/N-ethyl adjacent to an activating group) is 1. The Bertz CT molecular complexity index is 586. The van der Waals surface area contributed by atoms with Gasteiger partial charge in [0.15, 0.2) is 17.5 Å². The molecule has 0 aliphatic heterocycles. The number of guanidine groups is 1. The van der Waals surface area contributed by atoms with Crippen LogP contribution in [0.4, 0.5) is 13.2 Å². The van der Waals surface area contributed by atoms with Crippen molar-refractivity contribution in [2.24, 2.45) is 4.99 Å². The highest BCUT2D eigenvalue weighted by atomic mass is 127. The van der Waals surface area contributed by atoms with E-state index in [1.54, 1.807) is 20.3 Å². The number of nitrogens with zero attached hydrogens (tertiary/aromatic N) is 2. The first-order valence-electron chi connectivity index (χ1n) is 8.27. The fraction of sp³-hybridized carbons (Fsp3) is 0.588. The van der Waals surface area contributed by atoms with Crippen molar-refractivity contribution >= 4 is 29.9 Å². The van der Waals surface area contributed by atoms with Crippen LogP contribution in [0, 0.1) is 0 Å². The highest BCUT2D eigenvalue weighted by Crippen LogP contribution is 2.27. The molecule has 10 heteroatoms. The Morgan fingerprint density at radius 2 is 1.81 bits per heavy atom. The van der Waals surface area contributed by atoms with Gasteiger partial charge in [0, 0.05) is 19.6 Å². The Balaban J connectivity index is 0.00000676. The van der Waals surface area contributed by atoms with E-state index >= 15 is 0 Å². The fourth-order valence-electron chi connectivity index (χ4n) is 2.24. The van der Waals surface area contributed by atoms with Crippen LogP contribution in [0.3, 0.4) is 0 Å². The van der Waals surface area contributed by atoms with Gasteiger partial charge in [0.25, 0.3) is 0 Å². The van der Waals surface area contributed by atoms with Crippen molar-refractivity contribution < 1.29 is 22.6 Å². The minimum absolute atomic E-state index is 0. The second kappa shape index (κ2) is 12.9. The van der Waals surface area contributed by atoms with Crippen molar-refractivity contribution in [3.05, 3.63) is 23.8 Å². The Morgan fingerprint density at radius 1 is 1.15 bits per heavy atom. The summed E-state index contributed by atoms with van der Waals surface area (Å²) >= 11 is 0. The minimum Gasteiger partial charge on any atom is -0.493 e. The molecular formula is C17H28F3IN4O2. The summed E-state index contributed by atoms with van der Waals surface area (Å²) in [7, 11) is 4.56. The molecule has 1 aromatic rings. The Kier molecular flexibility index (Phi) is 12.2. The highest BCUT2D eigenvalue weighted by Gasteiger charge is 2.28. The molecule has 0 fully saturated rings. The van der Waals surface area contributed by atoms with Crippen LogP contribution in [0.2, 0.25) is 0 Å². The predicted molar refractivity (Wildman–Crippen MR) is 111 cm³/mol. The molecule has 1 aromatic carbocycles. The predicted octanol–water partition coefficient (Wildman–Crippen LogP) is 2.87. The van der Waals surface area contributed by atoms with Crippen LogP contribution >= 0.6 is 24.0 Å². The first kappa shape index (κ1) is 25.6. The van der Waals surface area contributed by atoms with Gasteiger partial charge in [-0.3, -0.25) is 4.90 Å². The number of benzene rings is 1. The Labute approximate surface area is 175 Å². The molecular weight excluding hydrogens is 476 g/mol. The molecule has 0 aliphatic rings. The maximum atomic E-state index is 12.3. The summed E-state index contributed by atoms with van der Waals surface area (Å²) in [4.78, 5) is 5.66. The molecule has 0 heterocycles. The lowest BCUT2D eigenvalue weighted by atomic mass is 10.2. The second-order valence-electron chi connectivity index (χ2n) is 5.66. The van der Waals surface area contributed by atoms with Crippen molar-refractivity contribution in [2.75, 3.05) is 47.4 Å². The Morgan fingerprint density at radius 3 is 2.37 bits per heavy atom. The van der Waals surface area contributed by atoms with Gasteiger partial charge in [-0.1, -0.05) is 6.07 Å². The van der Waals surface area contributed by atoms with Gasteiger partial charge in [0.1, 0.15) is 0 Å². The number of nitrogens with one attached hydrogen (secondary N) is 2. The summed E-state index contributed by atoms with van der Waals surface area (Å²) in [6, 6.07) is 5.52. The number of methoxy groups -OCH3 is 2. The maximum absolute atomic E-state index is 12.3. The van der Waals surface area contributed by atoms with Crippen molar-refractivity contribution in [3.8, 4) is 11.5 Å². The summed E-state index contributed by atoms with van der Waals surface area (Å²) in [5, 5.41) is 6.10. The van der Waals surface area contributed by atoms with Crippen LogP contribution in [0.25, 0.3) is 0 Å². The fourth-order valence-corrected chi connectivity index (χ4v) is 2.24. The van der Waals surface area contributed by atoms with Crippen molar-refractivity contribution in [1.29, 1.82) is 0 Å². The van der Waals surface area contributed by atoms with Gasteiger partial charge >= 0.3 is 6.18 Å². The van der Waals surface area contributed by atoms with Gasteiger partial charge in [-0.05, 0) is 31.7 Å². The van der Waals surface area contributed by atoms with E-state index in [1.807, 2.05) is 19.1 Å². The maximum Gasteiger partial charge on any atom is 0.401 e. The number of hydrogen-bond donors (Lipinski definition) is 2. The number of rotatable bonds is 9. The standard InChI is InChI=1S/C17H27F3N4O2.HI/c1-5-21-16(22-8-9-24(2)12-17(18,19)20)23-11-13-6-7-14(25-3)15(10-13)26-4;/h6-7,10H,5,8-9,11-12H2,1-4H3,(H2,21,22,23);1H. The van der Waals surface area contributed by atoms with Gasteiger partial charge in [-0.15, -0.1) is 24.0 Å². The molecule has 0 spiro atoms. The van der Waals surface area contributed by atoms with Gasteiger partial charge in [-0.2, -0.15) is 13.2 Å². The van der Waals surface area contributed by atoms with Crippen LogP contribution in [0.15, 0.2) is 23.2 Å². The number of hydrogen-bond acceptors (Lipinski definition) is 4. The van der Waals surface area contributed by atoms with Crippen LogP contribution < -0.4 is 20.1 Å². The van der Waals surface area contributed by atoms with E-state index in [4.69, 9.17) is 9.47 Å². The summed E-state index contributed by atoms with van der Waals surface area (Å²) in [5.74, 6) is 1.80. The first-order valence-corrected chi connectivity index (χ1v) is 8.27. The number of ether oxygens (including phenoxy) is 2. The van der Waals surface area contributed by atoms with E-state index in [0.717, 1.165) is 5.56 Å². The number of halogens is 4. The van der Waals surface area contributed by atoms with Crippen molar-refractivity contribution in [2.45, 2.75) is 19.6 Å². The van der Waals surface area contributed by atoms with E-state index in [0.29, 0.717) is 37.1 Å². The largest absolute Gasteiger partial charge is 0.493 e. The smallest absolute Gasteiger partial charge is 0.401 e. The lowest BCUT2D eigenvalue weighted by molar-refractivity contribution is -0.142. The van der Waals surface area contributed by atoms with Gasteiger partial charge in [-0.25, -0.2) is 4.99 Å². The lowest BCUT2D eigenvalue weighted by Gasteiger charge is -2.19. The van der Waals surface area contributed by atoms with Crippen LogP contribution in [-0.4, -0.2) is 64.5 Å². The molecule has 0 bridgehead atoms. The minimum atomic E-state index is -4.19. The zero-order valence-electron chi connectivity index (χ0n) is 16.0. The second-order valence-corrected chi connectivity index (χ2v) is 5.66. The SMILES string of the molecule is CCNC(=NCc1ccc(OC)c(OC)c1)NCCN(C)CC(F)(F)F.I. The van der Waals surface area contributed by atoms with E-state index in [-0.39, 0.29) is 30.5 Å². The monoisotopic (exact) mass is 504 g/mol. The number of alkyl halides is 3. The molecule has 2 N–H and O–H groups in total. The quantitative estimate of drug-likeness (QED) is 0.308. The summed E-state index contributed by atoms with van der Waals surface area (Å²) in [6.07, 6.45) is -4.19. The van der Waals surface area contributed by atoms with E-state index < -0.39 is 12.7 Å². The van der Waals surface area contributed by atoms with E-state index in [1.165, 1.54) is 11.9 Å². The van der Waals surface area contributed by atoms with Crippen molar-refractivity contribution in [1.82, 2.24) is 15.5 Å². The third-order valence-corrected chi connectivity index (χ3v) is 3.45. The molecule has 0 saturated carbocycles. The third kappa shape index (κ3) is 10.5. The third-order valence-electron chi connectivity index (χ3n) is 3.45. The lowest BCUT2D eigenvalue weighted by Crippen LogP contribution is -2.42. The summed E-state index contributed by atoms with van der Waals surface area (Å²) < 4.78 is 47.4. The summed E-state index contributed by atoms with van der Waals surface area (Å²) in [5.41, 5.74) is 0.925. The number of aliphatic imine (C=N–C) groups is 1. The molecule has 27 heavy (non-hydrogen) atoms. The van der Waals surface area contributed by atoms with E-state index in [9.17, 15) is 13.2 Å². The van der Waals surface area contributed by atoms with Crippen LogP contribution in [0.5, 0.6) is 11.5 Å². The molecule has 0 saturated heterocycles. The highest BCUT2D eigenvalue weighted by molar-refractivity contribution is 14.0. The van der Waals surface area contributed by atoms with Crippen molar-refractivity contribution in [3.63, 3.8) is 0 Å². The summed E-state index contributed by atoms with van der Waals surface area (Å²) in [6.45, 7) is 2.63. The average Bonchev–Trinajstić information content (AvgIpc) is 2.57.